The number of hydrogen-bond acceptors (Lipinski definition) is 6. The maximum Gasteiger partial charge on any atom is 0.435 e. The fourth-order valence-electron chi connectivity index (χ4n) is 1.64. The van der Waals surface area contributed by atoms with E-state index < -0.39 is 24.4 Å². The number of halogens is 3. The van der Waals surface area contributed by atoms with E-state index in [1.54, 1.807) is 0 Å². The number of hydrogen-bond donors (Lipinski definition) is 0. The lowest BCUT2D eigenvalue weighted by Gasteiger charge is -2.05. The molecule has 2 aromatic rings. The first-order valence-corrected chi connectivity index (χ1v) is 6.41. The predicted octanol–water partition coefficient (Wildman–Crippen LogP) is 1.04. The zero-order valence-corrected chi connectivity index (χ0v) is 11.6. The number of nitrogens with zero attached hydrogens (tertiary/aromatic N) is 6. The fourth-order valence-corrected chi connectivity index (χ4v) is 1.64. The van der Waals surface area contributed by atoms with Crippen LogP contribution in [0.25, 0.3) is 0 Å². The normalized spacial score (nSPS) is 11.6. The van der Waals surface area contributed by atoms with E-state index in [0.717, 1.165) is 23.4 Å². The molecule has 0 unspecified atom stereocenters. The summed E-state index contributed by atoms with van der Waals surface area (Å²) in [6.07, 6.45) is -2.68. The van der Waals surface area contributed by atoms with Gasteiger partial charge in [0.25, 0.3) is 0 Å². The topological polar surface area (TPSA) is 87.7 Å². The first-order valence-electron chi connectivity index (χ1n) is 6.41. The average Bonchev–Trinajstić information content (AvgIpc) is 3.05. The number of rotatable bonds is 6. The van der Waals surface area contributed by atoms with Crippen LogP contribution in [0, 0.1) is 0 Å². The Kier molecular flexibility index (Phi) is 4.73. The van der Waals surface area contributed by atoms with Crippen molar-refractivity contribution >= 4 is 5.97 Å². The van der Waals surface area contributed by atoms with Crippen LogP contribution < -0.4 is 0 Å². The zero-order valence-electron chi connectivity index (χ0n) is 11.6. The highest BCUT2D eigenvalue weighted by atomic mass is 19.4. The van der Waals surface area contributed by atoms with Crippen molar-refractivity contribution < 1.29 is 22.7 Å². The Hall–Kier alpha value is -2.46. The molecule has 0 spiro atoms. The van der Waals surface area contributed by atoms with Crippen LogP contribution in [0.1, 0.15) is 24.9 Å². The van der Waals surface area contributed by atoms with Gasteiger partial charge in [-0.05, 0) is 22.9 Å². The van der Waals surface area contributed by atoms with Gasteiger partial charge in [0.1, 0.15) is 6.54 Å². The third kappa shape index (κ3) is 4.02. The van der Waals surface area contributed by atoms with Crippen molar-refractivity contribution in [2.45, 2.75) is 39.2 Å². The van der Waals surface area contributed by atoms with Gasteiger partial charge in [-0.25, -0.2) is 4.68 Å². The highest BCUT2D eigenvalue weighted by Crippen LogP contribution is 2.27. The van der Waals surface area contributed by atoms with Gasteiger partial charge >= 0.3 is 12.1 Å². The summed E-state index contributed by atoms with van der Waals surface area (Å²) in [7, 11) is 0. The number of alkyl halides is 3. The van der Waals surface area contributed by atoms with Gasteiger partial charge in [0.15, 0.2) is 18.1 Å². The molecule has 0 aromatic carbocycles. The van der Waals surface area contributed by atoms with E-state index >= 15 is 0 Å². The van der Waals surface area contributed by atoms with Gasteiger partial charge in [-0.3, -0.25) is 9.48 Å². The van der Waals surface area contributed by atoms with Crippen molar-refractivity contribution in [3.05, 3.63) is 23.8 Å². The van der Waals surface area contributed by atoms with E-state index in [1.165, 1.54) is 4.68 Å². The van der Waals surface area contributed by atoms with E-state index in [0.29, 0.717) is 12.4 Å². The minimum atomic E-state index is -4.54. The third-order valence-electron chi connectivity index (χ3n) is 2.63. The van der Waals surface area contributed by atoms with Gasteiger partial charge < -0.3 is 4.74 Å². The number of esters is 1. The predicted molar refractivity (Wildman–Crippen MR) is 65.1 cm³/mol. The average molecular weight is 318 g/mol. The summed E-state index contributed by atoms with van der Waals surface area (Å²) in [4.78, 5) is 11.6. The maximum atomic E-state index is 12.4. The summed E-state index contributed by atoms with van der Waals surface area (Å²) in [5.41, 5.74) is -1.06. The molecule has 0 atom stereocenters. The van der Waals surface area contributed by atoms with Gasteiger partial charge in [-0.1, -0.05) is 6.92 Å². The molecule has 2 heterocycles. The summed E-state index contributed by atoms with van der Waals surface area (Å²) in [5.74, 6) is -0.366. The molecule has 2 aromatic heterocycles. The quantitative estimate of drug-likeness (QED) is 0.740. The molecular weight excluding hydrogens is 305 g/mol. The lowest BCUT2D eigenvalue weighted by molar-refractivity contribution is -0.147. The Balaban J connectivity index is 1.88. The molecule has 0 saturated heterocycles. The maximum absolute atomic E-state index is 12.4. The van der Waals surface area contributed by atoms with Crippen LogP contribution in [-0.2, 0) is 35.4 Å². The van der Waals surface area contributed by atoms with E-state index in [2.05, 4.69) is 20.6 Å². The Morgan fingerprint density at radius 2 is 2.18 bits per heavy atom. The van der Waals surface area contributed by atoms with Crippen molar-refractivity contribution in [2.24, 2.45) is 0 Å². The van der Waals surface area contributed by atoms with Crippen molar-refractivity contribution in [3.8, 4) is 0 Å². The van der Waals surface area contributed by atoms with Crippen LogP contribution in [0.3, 0.4) is 0 Å². The van der Waals surface area contributed by atoms with Crippen LogP contribution >= 0.6 is 0 Å². The Bertz CT molecular complexity index is 636. The van der Waals surface area contributed by atoms with Crippen molar-refractivity contribution in [1.82, 2.24) is 30.0 Å². The molecule has 0 fully saturated rings. The van der Waals surface area contributed by atoms with Gasteiger partial charge in [-0.2, -0.15) is 18.3 Å². The molecule has 0 N–H and O–H groups in total. The van der Waals surface area contributed by atoms with Crippen molar-refractivity contribution in [2.75, 3.05) is 0 Å². The summed E-state index contributed by atoms with van der Waals surface area (Å²) in [5, 5.41) is 14.1. The van der Waals surface area contributed by atoms with Crippen molar-refractivity contribution in [1.29, 1.82) is 0 Å². The smallest absolute Gasteiger partial charge is 0.435 e. The highest BCUT2D eigenvalue weighted by molar-refractivity contribution is 5.68. The Morgan fingerprint density at radius 1 is 1.41 bits per heavy atom. The van der Waals surface area contributed by atoms with E-state index in [1.807, 2.05) is 6.92 Å². The molecule has 0 amide bonds. The molecule has 8 nitrogen and oxygen atoms in total. The monoisotopic (exact) mass is 318 g/mol. The Morgan fingerprint density at radius 3 is 2.82 bits per heavy atom. The molecule has 0 aliphatic heterocycles. The van der Waals surface area contributed by atoms with Crippen LogP contribution in [0.2, 0.25) is 0 Å². The number of carbonyl (C=O) groups excluding carboxylic acids is 1. The van der Waals surface area contributed by atoms with Gasteiger partial charge in [0.05, 0.1) is 0 Å². The molecule has 22 heavy (non-hydrogen) atoms. The minimum Gasteiger partial charge on any atom is -0.456 e. The van der Waals surface area contributed by atoms with Gasteiger partial charge in [-0.15, -0.1) is 5.10 Å². The van der Waals surface area contributed by atoms with Crippen LogP contribution in [0.5, 0.6) is 0 Å². The van der Waals surface area contributed by atoms with Crippen LogP contribution in [0.15, 0.2) is 12.3 Å². The van der Waals surface area contributed by atoms with Gasteiger partial charge in [0.2, 0.25) is 0 Å². The lowest BCUT2D eigenvalue weighted by atomic mass is 10.4. The third-order valence-corrected chi connectivity index (χ3v) is 2.63. The standard InChI is InChI=1S/C11H13F3N6O2/c1-2-4-20-9(15-17-18-20)7-22-10(21)6-19-5-3-8(16-19)11(12,13)14/h3,5H,2,4,6-7H2,1H3. The molecule has 120 valence electrons. The Labute approximate surface area is 122 Å². The SMILES string of the molecule is CCCn1nnnc1COC(=O)Cn1ccc(C(F)(F)F)n1. The second-order valence-electron chi connectivity index (χ2n) is 4.38. The fraction of sp³-hybridized carbons (Fsp3) is 0.545. The van der Waals surface area contributed by atoms with Crippen LogP contribution in [-0.4, -0.2) is 36.0 Å². The highest BCUT2D eigenvalue weighted by Gasteiger charge is 2.33. The summed E-state index contributed by atoms with van der Waals surface area (Å²) < 4.78 is 44.4. The minimum absolute atomic E-state index is 0.154. The largest absolute Gasteiger partial charge is 0.456 e. The second kappa shape index (κ2) is 6.54. The molecule has 0 aliphatic rings. The summed E-state index contributed by atoms with van der Waals surface area (Å²) >= 11 is 0. The van der Waals surface area contributed by atoms with E-state index in [-0.39, 0.29) is 6.61 Å². The van der Waals surface area contributed by atoms with Gasteiger partial charge in [0, 0.05) is 12.7 Å². The number of carbonyl (C=O) groups is 1. The summed E-state index contributed by atoms with van der Waals surface area (Å²) in [6.45, 7) is 1.94. The molecule has 0 bridgehead atoms. The number of ether oxygens (including phenoxy) is 1. The number of aryl methyl sites for hydroxylation is 1. The van der Waals surface area contributed by atoms with E-state index in [9.17, 15) is 18.0 Å². The molecular formula is C11H13F3N6O2. The molecule has 0 aliphatic carbocycles. The molecule has 2 rings (SSSR count). The molecule has 0 saturated carbocycles. The first-order chi connectivity index (χ1) is 10.4. The number of aromatic nitrogens is 6. The number of tetrazole rings is 1. The van der Waals surface area contributed by atoms with Crippen molar-refractivity contribution in [3.63, 3.8) is 0 Å². The summed E-state index contributed by atoms with van der Waals surface area (Å²) in [6, 6.07) is 0.787. The first kappa shape index (κ1) is 15.9. The zero-order chi connectivity index (χ0) is 16.2. The second-order valence-corrected chi connectivity index (χ2v) is 4.38. The lowest BCUT2D eigenvalue weighted by Crippen LogP contribution is -2.17. The van der Waals surface area contributed by atoms with Crippen LogP contribution in [0.4, 0.5) is 13.2 Å². The molecule has 11 heteroatoms. The van der Waals surface area contributed by atoms with E-state index in [4.69, 9.17) is 4.74 Å². The molecule has 0 radical (unpaired) electrons.